The lowest BCUT2D eigenvalue weighted by Gasteiger charge is -2.03. The van der Waals surface area contributed by atoms with E-state index in [2.05, 4.69) is 54.7 Å². The van der Waals surface area contributed by atoms with Gasteiger partial charge in [-0.25, -0.2) is 5.10 Å². The van der Waals surface area contributed by atoms with E-state index in [-0.39, 0.29) is 0 Å². The van der Waals surface area contributed by atoms with Crippen molar-refractivity contribution >= 4 is 34.3 Å². The fourth-order valence-corrected chi connectivity index (χ4v) is 4.31. The molecule has 0 spiro atoms. The van der Waals surface area contributed by atoms with E-state index in [0.29, 0.717) is 5.95 Å². The summed E-state index contributed by atoms with van der Waals surface area (Å²) in [7, 11) is 0. The van der Waals surface area contributed by atoms with E-state index in [1.165, 1.54) is 22.2 Å². The first-order valence-electron chi connectivity index (χ1n) is 7.75. The van der Waals surface area contributed by atoms with E-state index in [9.17, 15) is 0 Å². The summed E-state index contributed by atoms with van der Waals surface area (Å²) < 4.78 is 0. The molecule has 0 unspecified atom stereocenters. The first-order chi connectivity index (χ1) is 11.8. The average molecular weight is 337 g/mol. The van der Waals surface area contributed by atoms with E-state index in [0.717, 1.165) is 40.5 Å². The number of benzene rings is 1. The molecule has 0 saturated heterocycles. The number of rotatable bonds is 2. The maximum atomic E-state index is 4.53. The van der Waals surface area contributed by atoms with Gasteiger partial charge < -0.3 is 10.3 Å². The molecule has 0 amide bonds. The maximum absolute atomic E-state index is 4.53. The van der Waals surface area contributed by atoms with Gasteiger partial charge in [-0.1, -0.05) is 0 Å². The first-order valence-corrected chi connectivity index (χ1v) is 8.73. The van der Waals surface area contributed by atoms with Gasteiger partial charge in [0.15, 0.2) is 0 Å². The Morgan fingerprint density at radius 3 is 3.08 bits per heavy atom. The number of thioether (sulfide) groups is 1. The Labute approximate surface area is 141 Å². The quantitative estimate of drug-likeness (QED) is 0.449. The van der Waals surface area contributed by atoms with Crippen molar-refractivity contribution in [2.45, 2.75) is 18.2 Å². The number of anilines is 2. The molecule has 24 heavy (non-hydrogen) atoms. The van der Waals surface area contributed by atoms with E-state index in [1.807, 2.05) is 17.8 Å². The lowest BCUT2D eigenvalue weighted by atomic mass is 10.1. The molecule has 0 radical (unpaired) electrons. The smallest absolute Gasteiger partial charge is 0.222 e. The van der Waals surface area contributed by atoms with Crippen LogP contribution in [-0.4, -0.2) is 36.1 Å². The third-order valence-corrected chi connectivity index (χ3v) is 5.46. The van der Waals surface area contributed by atoms with Gasteiger partial charge in [0.25, 0.3) is 0 Å². The Hall–Kier alpha value is -2.74. The van der Waals surface area contributed by atoms with Crippen molar-refractivity contribution in [2.24, 2.45) is 0 Å². The van der Waals surface area contributed by atoms with Crippen molar-refractivity contribution in [2.75, 3.05) is 11.1 Å². The van der Waals surface area contributed by atoms with Crippen molar-refractivity contribution < 1.29 is 0 Å². The predicted octanol–water partition coefficient (Wildman–Crippen LogP) is 3.38. The molecule has 1 aliphatic rings. The number of fused-ring (bicyclic) bond motifs is 5. The summed E-state index contributed by atoms with van der Waals surface area (Å²) in [5.74, 6) is 1.68. The van der Waals surface area contributed by atoms with Crippen molar-refractivity contribution in [1.82, 2.24) is 30.4 Å². The first kappa shape index (κ1) is 13.7. The van der Waals surface area contributed by atoms with Gasteiger partial charge in [-0.15, -0.1) is 11.8 Å². The van der Waals surface area contributed by atoms with Gasteiger partial charge in [-0.05, 0) is 31.5 Å². The number of H-pyrrole nitrogens is 3. The highest BCUT2D eigenvalue weighted by Crippen LogP contribution is 2.42. The van der Waals surface area contributed by atoms with E-state index in [1.54, 1.807) is 0 Å². The van der Waals surface area contributed by atoms with E-state index in [4.69, 9.17) is 0 Å². The molecule has 1 aliphatic heterocycles. The summed E-state index contributed by atoms with van der Waals surface area (Å²) in [6.07, 6.45) is 2.52. The van der Waals surface area contributed by atoms with Crippen molar-refractivity contribution in [1.29, 1.82) is 0 Å². The fourth-order valence-electron chi connectivity index (χ4n) is 3.18. The van der Waals surface area contributed by atoms with Crippen LogP contribution in [0, 0.1) is 6.92 Å². The van der Waals surface area contributed by atoms with Gasteiger partial charge in [0.1, 0.15) is 12.0 Å². The second-order valence-electron chi connectivity index (χ2n) is 5.82. The molecular formula is C16H15N7S. The zero-order chi connectivity index (χ0) is 16.1. The third-order valence-electron chi connectivity index (χ3n) is 4.34. The minimum Gasteiger partial charge on any atom is -0.352 e. The number of aromatic nitrogens is 6. The van der Waals surface area contributed by atoms with Crippen LogP contribution < -0.4 is 5.32 Å². The van der Waals surface area contributed by atoms with Crippen LogP contribution in [0.3, 0.4) is 0 Å². The highest BCUT2D eigenvalue weighted by Gasteiger charge is 2.23. The fraction of sp³-hybridized carbons (Fsp3) is 0.188. The summed E-state index contributed by atoms with van der Waals surface area (Å²) in [5, 5.41) is 18.8. The Morgan fingerprint density at radius 1 is 1.25 bits per heavy atom. The monoisotopic (exact) mass is 337 g/mol. The molecule has 5 rings (SSSR count). The molecule has 0 aliphatic carbocycles. The zero-order valence-corrected chi connectivity index (χ0v) is 13.8. The second-order valence-corrected chi connectivity index (χ2v) is 6.93. The third kappa shape index (κ3) is 2.03. The summed E-state index contributed by atoms with van der Waals surface area (Å²) in [6.45, 7) is 2.09. The standard InChI is InChI=1S/C16H15N7S/c1-8-10-4-5-24-15-11-6-9(19-16-17-7-18-23-16)2-3-12(11)20-14(15)13(10)22-21-8/h2-3,6-7,20H,4-5H2,1H3,(H,21,22)(H2,17,18,19,23). The highest BCUT2D eigenvalue weighted by atomic mass is 32.2. The van der Waals surface area contributed by atoms with Crippen LogP contribution in [0.5, 0.6) is 0 Å². The van der Waals surface area contributed by atoms with Crippen LogP contribution in [0.1, 0.15) is 11.3 Å². The predicted molar refractivity (Wildman–Crippen MR) is 94.7 cm³/mol. The van der Waals surface area contributed by atoms with E-state index >= 15 is 0 Å². The largest absolute Gasteiger partial charge is 0.352 e. The minimum absolute atomic E-state index is 0.633. The highest BCUT2D eigenvalue weighted by molar-refractivity contribution is 7.99. The molecule has 3 aromatic heterocycles. The Morgan fingerprint density at radius 2 is 2.21 bits per heavy atom. The van der Waals surface area contributed by atoms with Gasteiger partial charge in [-0.2, -0.15) is 15.2 Å². The summed E-state index contributed by atoms with van der Waals surface area (Å²) in [6, 6.07) is 6.26. The number of hydrogen-bond donors (Lipinski definition) is 4. The van der Waals surface area contributed by atoms with Crippen LogP contribution in [0.2, 0.25) is 0 Å². The Kier molecular flexibility index (Phi) is 2.93. The molecule has 0 bridgehead atoms. The Balaban J connectivity index is 1.65. The zero-order valence-electron chi connectivity index (χ0n) is 13.0. The molecule has 4 heterocycles. The van der Waals surface area contributed by atoms with E-state index < -0.39 is 0 Å². The molecule has 1 aromatic carbocycles. The van der Waals surface area contributed by atoms with Crippen molar-refractivity contribution in [3.05, 3.63) is 35.8 Å². The average Bonchev–Trinajstić information content (AvgIpc) is 3.26. The van der Waals surface area contributed by atoms with Gasteiger partial charge in [0.05, 0.1) is 5.69 Å². The topological polar surface area (TPSA) is 98.1 Å². The van der Waals surface area contributed by atoms with Gasteiger partial charge in [-0.3, -0.25) is 5.10 Å². The molecule has 4 N–H and O–H groups in total. The molecule has 0 atom stereocenters. The minimum atomic E-state index is 0.633. The summed E-state index contributed by atoms with van der Waals surface area (Å²) in [5.41, 5.74) is 6.73. The normalized spacial score (nSPS) is 13.5. The molecule has 120 valence electrons. The van der Waals surface area contributed by atoms with Crippen molar-refractivity contribution in [3.8, 4) is 11.4 Å². The van der Waals surface area contributed by atoms with Crippen LogP contribution in [0.15, 0.2) is 29.4 Å². The number of hydrogen-bond acceptors (Lipinski definition) is 5. The molecule has 4 aromatic rings. The summed E-state index contributed by atoms with van der Waals surface area (Å²) in [4.78, 5) is 8.91. The second kappa shape index (κ2) is 5.13. The van der Waals surface area contributed by atoms with Crippen LogP contribution in [0.25, 0.3) is 22.3 Å². The molecule has 7 nitrogen and oxygen atoms in total. The number of nitrogens with zero attached hydrogens (tertiary/aromatic N) is 3. The lowest BCUT2D eigenvalue weighted by molar-refractivity contribution is 1.04. The molecule has 0 saturated carbocycles. The molecule has 8 heteroatoms. The van der Waals surface area contributed by atoms with Crippen LogP contribution in [-0.2, 0) is 6.42 Å². The SMILES string of the molecule is Cc1[nH]nc2c1CCSc1c-2[nH]c2ccc(Nc3ncn[nH]3)cc12. The van der Waals surface area contributed by atoms with Gasteiger partial charge >= 0.3 is 0 Å². The van der Waals surface area contributed by atoms with Crippen LogP contribution >= 0.6 is 11.8 Å². The summed E-state index contributed by atoms with van der Waals surface area (Å²) >= 11 is 1.88. The Bertz CT molecular complexity index is 1030. The number of aromatic amines is 3. The van der Waals surface area contributed by atoms with Crippen LogP contribution in [0.4, 0.5) is 11.6 Å². The maximum Gasteiger partial charge on any atom is 0.222 e. The number of aryl methyl sites for hydroxylation is 1. The lowest BCUT2D eigenvalue weighted by Crippen LogP contribution is -1.92. The molecular weight excluding hydrogens is 322 g/mol. The number of nitrogens with one attached hydrogen (secondary N) is 4. The van der Waals surface area contributed by atoms with Gasteiger partial charge in [0.2, 0.25) is 5.95 Å². The van der Waals surface area contributed by atoms with Crippen molar-refractivity contribution in [3.63, 3.8) is 0 Å². The van der Waals surface area contributed by atoms with Gasteiger partial charge in [0, 0.05) is 38.5 Å². The molecule has 0 fully saturated rings.